The van der Waals surface area contributed by atoms with E-state index in [9.17, 15) is 18.3 Å². The van der Waals surface area contributed by atoms with Crippen LogP contribution in [0.3, 0.4) is 0 Å². The summed E-state index contributed by atoms with van der Waals surface area (Å²) in [5.41, 5.74) is -0.711. The Morgan fingerprint density at radius 2 is 2.06 bits per heavy atom. The van der Waals surface area contributed by atoms with E-state index >= 15 is 0 Å². The zero-order valence-electron chi connectivity index (χ0n) is 9.43. The number of hydrogen-bond donors (Lipinski definition) is 2. The van der Waals surface area contributed by atoms with Crippen molar-refractivity contribution in [1.82, 2.24) is 5.32 Å². The molecule has 2 N–H and O–H groups in total. The van der Waals surface area contributed by atoms with Gasteiger partial charge >= 0.3 is 6.18 Å². The van der Waals surface area contributed by atoms with Crippen molar-refractivity contribution in [2.24, 2.45) is 0 Å². The number of phenolic OH excluding ortho intramolecular Hbond substituents is 1. The van der Waals surface area contributed by atoms with E-state index in [2.05, 4.69) is 5.32 Å². The molecule has 17 heavy (non-hydrogen) atoms. The summed E-state index contributed by atoms with van der Waals surface area (Å²) in [6, 6.07) is 3.16. The average Bonchev–Trinajstić information content (AvgIpc) is 2.64. The molecule has 1 unspecified atom stereocenters. The molecule has 0 aliphatic carbocycles. The Balaban J connectivity index is 2.38. The molecule has 1 aliphatic heterocycles. The van der Waals surface area contributed by atoms with E-state index in [1.807, 2.05) is 6.92 Å². The minimum absolute atomic E-state index is 0.295. The zero-order valence-corrected chi connectivity index (χ0v) is 9.43. The highest BCUT2D eigenvalue weighted by atomic mass is 19.4. The summed E-state index contributed by atoms with van der Waals surface area (Å²) in [7, 11) is 0. The molecule has 0 saturated carbocycles. The van der Waals surface area contributed by atoms with Crippen LogP contribution in [-0.4, -0.2) is 11.7 Å². The van der Waals surface area contributed by atoms with Crippen LogP contribution >= 0.6 is 0 Å². The van der Waals surface area contributed by atoms with Gasteiger partial charge in [-0.25, -0.2) is 0 Å². The predicted molar refractivity (Wildman–Crippen MR) is 57.7 cm³/mol. The second-order valence-corrected chi connectivity index (χ2v) is 4.59. The number of aromatic hydroxyl groups is 1. The van der Waals surface area contributed by atoms with Crippen molar-refractivity contribution in [3.63, 3.8) is 0 Å². The topological polar surface area (TPSA) is 32.3 Å². The summed E-state index contributed by atoms with van der Waals surface area (Å²) < 4.78 is 37.3. The largest absolute Gasteiger partial charge is 0.508 e. The number of rotatable bonds is 1. The lowest BCUT2D eigenvalue weighted by molar-refractivity contribution is -0.137. The fourth-order valence-electron chi connectivity index (χ4n) is 2.30. The lowest BCUT2D eigenvalue weighted by Crippen LogP contribution is -2.33. The summed E-state index contributed by atoms with van der Waals surface area (Å²) >= 11 is 0. The van der Waals surface area contributed by atoms with E-state index in [1.54, 1.807) is 0 Å². The molecule has 0 radical (unpaired) electrons. The smallest absolute Gasteiger partial charge is 0.416 e. The first-order chi connectivity index (χ1) is 7.83. The zero-order chi connectivity index (χ0) is 12.7. The highest BCUT2D eigenvalue weighted by molar-refractivity contribution is 5.42. The summed E-state index contributed by atoms with van der Waals surface area (Å²) in [4.78, 5) is 0. The van der Waals surface area contributed by atoms with E-state index in [4.69, 9.17) is 0 Å². The molecule has 5 heteroatoms. The lowest BCUT2D eigenvalue weighted by atomic mass is 9.89. The van der Waals surface area contributed by atoms with Crippen LogP contribution in [0, 0.1) is 0 Å². The molecule has 1 atom stereocenters. The van der Waals surface area contributed by atoms with Gasteiger partial charge in [0, 0.05) is 11.1 Å². The second kappa shape index (κ2) is 3.91. The summed E-state index contributed by atoms with van der Waals surface area (Å²) in [5, 5.41) is 12.9. The van der Waals surface area contributed by atoms with Gasteiger partial charge in [0.2, 0.25) is 0 Å². The van der Waals surface area contributed by atoms with Crippen LogP contribution in [0.15, 0.2) is 18.2 Å². The third-order valence-corrected chi connectivity index (χ3v) is 3.29. The van der Waals surface area contributed by atoms with E-state index in [1.165, 1.54) is 6.07 Å². The molecule has 1 aromatic carbocycles. The predicted octanol–water partition coefficient (Wildman–Crippen LogP) is 3.01. The maximum atomic E-state index is 12.4. The van der Waals surface area contributed by atoms with Gasteiger partial charge in [0.25, 0.3) is 0 Å². The van der Waals surface area contributed by atoms with Gasteiger partial charge in [0.05, 0.1) is 5.56 Å². The summed E-state index contributed by atoms with van der Waals surface area (Å²) in [6.07, 6.45) is -2.65. The first kappa shape index (κ1) is 12.2. The summed E-state index contributed by atoms with van der Waals surface area (Å²) in [6.45, 7) is 2.71. The van der Waals surface area contributed by atoms with E-state index in [-0.39, 0.29) is 5.75 Å². The van der Waals surface area contributed by atoms with Crippen molar-refractivity contribution in [3.8, 4) is 5.75 Å². The van der Waals surface area contributed by atoms with Crippen molar-refractivity contribution >= 4 is 0 Å². The third kappa shape index (κ3) is 2.24. The van der Waals surface area contributed by atoms with Gasteiger partial charge in [-0.1, -0.05) is 6.07 Å². The van der Waals surface area contributed by atoms with E-state index in [0.717, 1.165) is 31.5 Å². The molecule has 1 fully saturated rings. The molecule has 1 aliphatic rings. The Hall–Kier alpha value is -1.23. The molecule has 0 amide bonds. The van der Waals surface area contributed by atoms with Gasteiger partial charge in [0.1, 0.15) is 5.75 Å². The first-order valence-electron chi connectivity index (χ1n) is 5.49. The number of hydrogen-bond acceptors (Lipinski definition) is 2. The van der Waals surface area contributed by atoms with Crippen LogP contribution in [0.2, 0.25) is 0 Å². The molecule has 94 valence electrons. The normalized spacial score (nSPS) is 25.2. The van der Waals surface area contributed by atoms with Crippen molar-refractivity contribution in [1.29, 1.82) is 0 Å². The highest BCUT2D eigenvalue weighted by Crippen LogP contribution is 2.39. The Bertz CT molecular complexity index is 422. The maximum Gasteiger partial charge on any atom is 0.416 e. The van der Waals surface area contributed by atoms with Gasteiger partial charge in [-0.2, -0.15) is 13.2 Å². The molecule has 0 spiro atoms. The van der Waals surface area contributed by atoms with Gasteiger partial charge in [-0.3, -0.25) is 0 Å². The average molecular weight is 245 g/mol. The number of alkyl halides is 3. The third-order valence-electron chi connectivity index (χ3n) is 3.29. The number of halogens is 3. The number of phenols is 1. The quantitative estimate of drug-likeness (QED) is 0.797. The Labute approximate surface area is 97.5 Å². The number of benzene rings is 1. The highest BCUT2D eigenvalue weighted by Gasteiger charge is 2.35. The van der Waals surface area contributed by atoms with Gasteiger partial charge in [-0.15, -0.1) is 0 Å². The minimum Gasteiger partial charge on any atom is -0.508 e. The molecule has 0 bridgehead atoms. The SMILES string of the molecule is CC1(c2ccc(C(F)(F)F)cc2O)CCCN1. The van der Waals surface area contributed by atoms with E-state index < -0.39 is 17.3 Å². The Morgan fingerprint density at radius 1 is 1.35 bits per heavy atom. The van der Waals surface area contributed by atoms with Crippen molar-refractivity contribution < 1.29 is 18.3 Å². The van der Waals surface area contributed by atoms with Crippen LogP contribution in [-0.2, 0) is 11.7 Å². The Morgan fingerprint density at radius 3 is 2.53 bits per heavy atom. The van der Waals surface area contributed by atoms with E-state index in [0.29, 0.717) is 5.56 Å². The van der Waals surface area contributed by atoms with Gasteiger partial charge in [0.15, 0.2) is 0 Å². The lowest BCUT2D eigenvalue weighted by Gasteiger charge is -2.26. The molecular weight excluding hydrogens is 231 g/mol. The van der Waals surface area contributed by atoms with Gasteiger partial charge in [-0.05, 0) is 38.4 Å². The standard InChI is InChI=1S/C12H14F3NO/c1-11(5-2-6-16-11)9-4-3-8(7-10(9)17)12(13,14)15/h3-4,7,16-17H,2,5-6H2,1H3. The molecule has 2 nitrogen and oxygen atoms in total. The first-order valence-corrected chi connectivity index (χ1v) is 5.49. The molecule has 1 saturated heterocycles. The van der Waals surface area contributed by atoms with Crippen molar-refractivity contribution in [3.05, 3.63) is 29.3 Å². The maximum absolute atomic E-state index is 12.4. The van der Waals surface area contributed by atoms with Crippen LogP contribution in [0.1, 0.15) is 30.9 Å². The monoisotopic (exact) mass is 245 g/mol. The van der Waals surface area contributed by atoms with Crippen LogP contribution in [0.25, 0.3) is 0 Å². The molecule has 0 aromatic heterocycles. The number of nitrogens with one attached hydrogen (secondary N) is 1. The molecule has 1 aromatic rings. The minimum atomic E-state index is -4.42. The van der Waals surface area contributed by atoms with Crippen LogP contribution < -0.4 is 5.32 Å². The van der Waals surface area contributed by atoms with Crippen LogP contribution in [0.5, 0.6) is 5.75 Å². The fourth-order valence-corrected chi connectivity index (χ4v) is 2.30. The Kier molecular flexibility index (Phi) is 2.81. The molecule has 2 rings (SSSR count). The van der Waals surface area contributed by atoms with Crippen molar-refractivity contribution in [2.45, 2.75) is 31.5 Å². The summed E-state index contributed by atoms with van der Waals surface area (Å²) in [5.74, 6) is -0.295. The second-order valence-electron chi connectivity index (χ2n) is 4.59. The fraction of sp³-hybridized carbons (Fsp3) is 0.500. The van der Waals surface area contributed by atoms with Crippen molar-refractivity contribution in [2.75, 3.05) is 6.54 Å². The molecule has 1 heterocycles. The van der Waals surface area contributed by atoms with Crippen LogP contribution in [0.4, 0.5) is 13.2 Å². The molecular formula is C12H14F3NO. The van der Waals surface area contributed by atoms with Gasteiger partial charge < -0.3 is 10.4 Å².